The number of aliphatic carboxylic acids is 1. The molecule has 0 spiro atoms. The first-order valence-corrected chi connectivity index (χ1v) is 8.98. The normalized spacial score (nSPS) is 11.9. The Morgan fingerprint density at radius 1 is 1.15 bits per heavy atom. The van der Waals surface area contributed by atoms with Gasteiger partial charge in [-0.15, -0.1) is 0 Å². The quantitative estimate of drug-likeness (QED) is 0.649. The zero-order valence-corrected chi connectivity index (χ0v) is 15.1. The Balaban J connectivity index is 1.82. The van der Waals surface area contributed by atoms with Crippen molar-refractivity contribution < 1.29 is 9.90 Å². The summed E-state index contributed by atoms with van der Waals surface area (Å²) in [6.45, 7) is 1.94. The zero-order valence-electron chi connectivity index (χ0n) is 14.3. The van der Waals surface area contributed by atoms with Crippen molar-refractivity contribution in [1.82, 2.24) is 9.97 Å². The summed E-state index contributed by atoms with van der Waals surface area (Å²) in [6, 6.07) is 16.9. The molecule has 1 atom stereocenters. The van der Waals surface area contributed by atoms with Gasteiger partial charge in [-0.05, 0) is 60.0 Å². The molecule has 3 rings (SSSR count). The Kier molecular flexibility index (Phi) is 5.65. The van der Waals surface area contributed by atoms with Gasteiger partial charge >= 0.3 is 5.97 Å². The van der Waals surface area contributed by atoms with Crippen molar-refractivity contribution in [3.8, 4) is 11.1 Å². The van der Waals surface area contributed by atoms with E-state index in [0.29, 0.717) is 11.6 Å². The van der Waals surface area contributed by atoms with Crippen LogP contribution in [0.1, 0.15) is 11.3 Å². The van der Waals surface area contributed by atoms with Crippen LogP contribution in [0.5, 0.6) is 0 Å². The topological polar surface area (TPSA) is 89.1 Å². The van der Waals surface area contributed by atoms with Gasteiger partial charge in [0, 0.05) is 16.8 Å². The maximum absolute atomic E-state index is 11.0. The van der Waals surface area contributed by atoms with Crippen molar-refractivity contribution in [1.29, 1.82) is 0 Å². The second-order valence-electron chi connectivity index (χ2n) is 5.96. The maximum atomic E-state index is 11.0. The maximum Gasteiger partial charge on any atom is 0.320 e. The number of nitrogens with two attached hydrogens (primary N) is 1. The number of aromatic nitrogens is 2. The van der Waals surface area contributed by atoms with Gasteiger partial charge in [0.25, 0.3) is 0 Å². The van der Waals surface area contributed by atoms with Crippen LogP contribution in [0.4, 0.5) is 0 Å². The van der Waals surface area contributed by atoms with Gasteiger partial charge in [0.2, 0.25) is 0 Å². The van der Waals surface area contributed by atoms with Crippen molar-refractivity contribution in [2.75, 3.05) is 0 Å². The van der Waals surface area contributed by atoms with E-state index >= 15 is 0 Å². The molecule has 0 saturated heterocycles. The van der Waals surface area contributed by atoms with E-state index < -0.39 is 12.0 Å². The molecule has 6 heteroatoms. The van der Waals surface area contributed by atoms with Crippen LogP contribution < -0.4 is 5.73 Å². The lowest BCUT2D eigenvalue weighted by Crippen LogP contribution is -2.32. The minimum atomic E-state index is -0.994. The molecule has 3 aromatic rings. The Hall–Kier alpha value is -2.70. The molecule has 0 aliphatic carbocycles. The summed E-state index contributed by atoms with van der Waals surface area (Å²) in [4.78, 5) is 20.7. The number of rotatable bonds is 6. The first-order valence-electron chi connectivity index (χ1n) is 8.16. The second-order valence-corrected chi connectivity index (χ2v) is 7.00. The van der Waals surface area contributed by atoms with Crippen LogP contribution in [0.2, 0.25) is 0 Å². The molecule has 0 bridgehead atoms. The largest absolute Gasteiger partial charge is 0.480 e. The van der Waals surface area contributed by atoms with E-state index in [-0.39, 0.29) is 0 Å². The molecule has 0 aliphatic rings. The number of carboxylic acid groups (broad SMARTS) is 1. The van der Waals surface area contributed by atoms with Gasteiger partial charge in [-0.3, -0.25) is 4.79 Å². The van der Waals surface area contributed by atoms with Crippen LogP contribution in [-0.4, -0.2) is 27.1 Å². The molecule has 5 nitrogen and oxygen atoms in total. The van der Waals surface area contributed by atoms with E-state index in [2.05, 4.69) is 16.0 Å². The molecule has 3 N–H and O–H groups in total. The highest BCUT2D eigenvalue weighted by atomic mass is 32.2. The first kappa shape index (κ1) is 18.1. The Labute approximate surface area is 156 Å². The van der Waals surface area contributed by atoms with Crippen molar-refractivity contribution in [3.63, 3.8) is 0 Å². The van der Waals surface area contributed by atoms with Crippen molar-refractivity contribution in [2.45, 2.75) is 29.4 Å². The summed E-state index contributed by atoms with van der Waals surface area (Å²) in [6.07, 6.45) is 2.05. The number of nitrogens with zero attached hydrogens (tertiary/aromatic N) is 2. The molecule has 0 fully saturated rings. The Morgan fingerprint density at radius 3 is 2.62 bits per heavy atom. The fourth-order valence-corrected chi connectivity index (χ4v) is 3.39. The molecule has 2 aromatic carbocycles. The number of hydrogen-bond acceptors (Lipinski definition) is 5. The summed E-state index contributed by atoms with van der Waals surface area (Å²) < 4.78 is 0. The van der Waals surface area contributed by atoms with Crippen molar-refractivity contribution >= 4 is 17.7 Å². The predicted octanol–water partition coefficient (Wildman–Crippen LogP) is 3.56. The summed E-state index contributed by atoms with van der Waals surface area (Å²) >= 11 is 1.51. The molecule has 1 unspecified atom stereocenters. The minimum Gasteiger partial charge on any atom is -0.480 e. The number of hydrogen-bond donors (Lipinski definition) is 2. The third-order valence-electron chi connectivity index (χ3n) is 3.85. The highest BCUT2D eigenvalue weighted by Crippen LogP contribution is 2.29. The van der Waals surface area contributed by atoms with E-state index in [1.807, 2.05) is 55.5 Å². The van der Waals surface area contributed by atoms with Crippen LogP contribution in [-0.2, 0) is 11.2 Å². The molecule has 26 heavy (non-hydrogen) atoms. The Bertz CT molecular complexity index is 930. The van der Waals surface area contributed by atoms with E-state index in [4.69, 9.17) is 10.8 Å². The second kappa shape index (κ2) is 8.12. The molecule has 132 valence electrons. The lowest BCUT2D eigenvalue weighted by atomic mass is 10.00. The van der Waals surface area contributed by atoms with Gasteiger partial charge in [0.15, 0.2) is 5.16 Å². The summed E-state index contributed by atoms with van der Waals surface area (Å²) in [5.74, 6) is -0.994. The highest BCUT2D eigenvalue weighted by Gasteiger charge is 2.12. The van der Waals surface area contributed by atoms with Crippen LogP contribution in [0.25, 0.3) is 11.1 Å². The number of aryl methyl sites for hydroxylation is 1. The molecule has 0 saturated carbocycles. The average Bonchev–Trinajstić information content (AvgIpc) is 2.62. The molecular formula is C20H19N3O2S. The summed E-state index contributed by atoms with van der Waals surface area (Å²) in [5.41, 5.74) is 9.55. The van der Waals surface area contributed by atoms with Crippen LogP contribution in [0, 0.1) is 6.92 Å². The lowest BCUT2D eigenvalue weighted by molar-refractivity contribution is -0.138. The van der Waals surface area contributed by atoms with Gasteiger partial charge < -0.3 is 10.8 Å². The number of benzene rings is 2. The van der Waals surface area contributed by atoms with Crippen LogP contribution in [0.15, 0.2) is 70.8 Å². The SMILES string of the molecule is Cc1ccnc(Sc2cccc(-c3cccc(CC(N)C(=O)O)c3)c2)n1. The molecule has 0 amide bonds. The fourth-order valence-electron chi connectivity index (χ4n) is 2.54. The van der Waals surface area contributed by atoms with Gasteiger partial charge in [-0.1, -0.05) is 36.4 Å². The van der Waals surface area contributed by atoms with Crippen molar-refractivity contribution in [2.24, 2.45) is 5.73 Å². The molecular weight excluding hydrogens is 346 g/mol. The standard InChI is InChI=1S/C20H19N3O2S/c1-13-8-9-22-20(23-13)26-17-7-3-6-16(12-17)15-5-2-4-14(10-15)11-18(21)19(24)25/h2-10,12,18H,11,21H2,1H3,(H,24,25). The van der Waals surface area contributed by atoms with E-state index in [1.54, 1.807) is 6.20 Å². The molecule has 1 aromatic heterocycles. The molecule has 1 heterocycles. The molecule has 0 aliphatic heterocycles. The lowest BCUT2D eigenvalue weighted by Gasteiger charge is -2.09. The average molecular weight is 365 g/mol. The zero-order chi connectivity index (χ0) is 18.5. The van der Waals surface area contributed by atoms with E-state index in [0.717, 1.165) is 27.3 Å². The summed E-state index contributed by atoms with van der Waals surface area (Å²) in [7, 11) is 0. The fraction of sp³-hybridized carbons (Fsp3) is 0.150. The smallest absolute Gasteiger partial charge is 0.320 e. The van der Waals surface area contributed by atoms with Crippen molar-refractivity contribution in [3.05, 3.63) is 72.1 Å². The number of carbonyl (C=O) groups is 1. The minimum absolute atomic E-state index is 0.300. The summed E-state index contributed by atoms with van der Waals surface area (Å²) in [5, 5.41) is 9.70. The first-order chi connectivity index (χ1) is 12.5. The monoisotopic (exact) mass is 365 g/mol. The van der Waals surface area contributed by atoms with Gasteiger partial charge in [0.1, 0.15) is 6.04 Å². The third-order valence-corrected chi connectivity index (χ3v) is 4.72. The highest BCUT2D eigenvalue weighted by molar-refractivity contribution is 7.99. The number of carboxylic acids is 1. The van der Waals surface area contributed by atoms with Gasteiger partial charge in [-0.2, -0.15) is 0 Å². The van der Waals surface area contributed by atoms with E-state index in [1.165, 1.54) is 11.8 Å². The van der Waals surface area contributed by atoms with Crippen LogP contribution in [0.3, 0.4) is 0 Å². The van der Waals surface area contributed by atoms with E-state index in [9.17, 15) is 4.79 Å². The van der Waals surface area contributed by atoms with Crippen LogP contribution >= 0.6 is 11.8 Å². The van der Waals surface area contributed by atoms with Gasteiger partial charge in [0.05, 0.1) is 0 Å². The predicted molar refractivity (Wildman–Crippen MR) is 102 cm³/mol. The van der Waals surface area contributed by atoms with Gasteiger partial charge in [-0.25, -0.2) is 9.97 Å². The third kappa shape index (κ3) is 4.68. The Morgan fingerprint density at radius 2 is 1.88 bits per heavy atom. The molecule has 0 radical (unpaired) electrons.